The smallest absolute Gasteiger partial charge is 0.142 e. The molecule has 0 fully saturated rings. The van der Waals surface area contributed by atoms with Gasteiger partial charge in [-0.1, -0.05) is 40.2 Å². The molecule has 0 aliphatic heterocycles. The number of benzene rings is 2. The Morgan fingerprint density at radius 3 is 2.22 bits per heavy atom. The molecular formula is C14H12Br2FN. The molecule has 1 nitrogen and oxygen atoms in total. The Balaban J connectivity index is 2.51. The van der Waals surface area contributed by atoms with Gasteiger partial charge in [-0.25, -0.2) is 4.39 Å². The van der Waals surface area contributed by atoms with E-state index in [0.717, 1.165) is 15.6 Å². The molecular weight excluding hydrogens is 361 g/mol. The first kappa shape index (κ1) is 13.7. The van der Waals surface area contributed by atoms with Crippen LogP contribution >= 0.6 is 31.9 Å². The first-order valence-electron chi connectivity index (χ1n) is 5.47. The Morgan fingerprint density at radius 1 is 1.00 bits per heavy atom. The van der Waals surface area contributed by atoms with Gasteiger partial charge in [0, 0.05) is 10.0 Å². The van der Waals surface area contributed by atoms with E-state index in [1.165, 1.54) is 0 Å². The molecule has 0 saturated carbocycles. The van der Waals surface area contributed by atoms with Crippen LogP contribution in [0.4, 0.5) is 4.39 Å². The van der Waals surface area contributed by atoms with Gasteiger partial charge in [0.15, 0.2) is 0 Å². The number of hydrogen-bond donors (Lipinski definition) is 1. The second kappa shape index (κ2) is 5.51. The highest BCUT2D eigenvalue weighted by Crippen LogP contribution is 2.30. The molecule has 4 heteroatoms. The quantitative estimate of drug-likeness (QED) is 0.811. The van der Waals surface area contributed by atoms with Crippen LogP contribution in [0, 0.1) is 12.7 Å². The zero-order chi connectivity index (χ0) is 13.3. The summed E-state index contributed by atoms with van der Waals surface area (Å²) in [6.07, 6.45) is 0. The average molecular weight is 373 g/mol. The Kier molecular flexibility index (Phi) is 4.20. The van der Waals surface area contributed by atoms with Crippen LogP contribution in [0.15, 0.2) is 45.3 Å². The fourth-order valence-electron chi connectivity index (χ4n) is 1.89. The molecule has 0 aliphatic carbocycles. The molecule has 2 rings (SSSR count). The summed E-state index contributed by atoms with van der Waals surface area (Å²) in [5.41, 5.74) is 8.62. The second-order valence-electron chi connectivity index (χ2n) is 4.07. The van der Waals surface area contributed by atoms with Crippen LogP contribution in [0.3, 0.4) is 0 Å². The number of rotatable bonds is 2. The van der Waals surface area contributed by atoms with Gasteiger partial charge < -0.3 is 5.73 Å². The minimum absolute atomic E-state index is 0.302. The predicted molar refractivity (Wildman–Crippen MR) is 79.0 cm³/mol. The van der Waals surface area contributed by atoms with E-state index in [1.54, 1.807) is 18.2 Å². The Morgan fingerprint density at radius 2 is 1.56 bits per heavy atom. The Bertz CT molecular complexity index is 533. The molecule has 0 amide bonds. The van der Waals surface area contributed by atoms with Crippen LogP contribution in [0.5, 0.6) is 0 Å². The molecule has 2 aromatic rings. The van der Waals surface area contributed by atoms with Gasteiger partial charge in [0.1, 0.15) is 5.82 Å². The van der Waals surface area contributed by atoms with E-state index in [-0.39, 0.29) is 5.82 Å². The van der Waals surface area contributed by atoms with Gasteiger partial charge in [0.25, 0.3) is 0 Å². The number of nitrogens with two attached hydrogens (primary N) is 1. The molecule has 1 atom stereocenters. The van der Waals surface area contributed by atoms with Gasteiger partial charge in [-0.05, 0) is 46.1 Å². The maximum Gasteiger partial charge on any atom is 0.142 e. The molecule has 0 spiro atoms. The second-order valence-corrected chi connectivity index (χ2v) is 5.78. The molecule has 0 saturated heterocycles. The highest BCUT2D eigenvalue weighted by Gasteiger charge is 2.17. The summed E-state index contributed by atoms with van der Waals surface area (Å²) in [4.78, 5) is 0. The van der Waals surface area contributed by atoms with E-state index in [0.29, 0.717) is 10.0 Å². The summed E-state index contributed by atoms with van der Waals surface area (Å²) >= 11 is 6.64. The van der Waals surface area contributed by atoms with Crippen LogP contribution < -0.4 is 5.73 Å². The Labute approximate surface area is 122 Å². The van der Waals surface area contributed by atoms with E-state index in [1.807, 2.05) is 25.1 Å². The minimum atomic E-state index is -0.472. The summed E-state index contributed by atoms with van der Waals surface area (Å²) < 4.78 is 15.4. The van der Waals surface area contributed by atoms with Crippen molar-refractivity contribution in [3.05, 3.63) is 67.9 Å². The van der Waals surface area contributed by atoms with Gasteiger partial charge in [0.05, 0.1) is 10.5 Å². The minimum Gasteiger partial charge on any atom is -0.320 e. The summed E-state index contributed by atoms with van der Waals surface area (Å²) in [5, 5.41) is 0. The largest absolute Gasteiger partial charge is 0.320 e. The average Bonchev–Trinajstić information content (AvgIpc) is 2.35. The van der Waals surface area contributed by atoms with Crippen molar-refractivity contribution < 1.29 is 4.39 Å². The third-order valence-corrected chi connectivity index (χ3v) is 4.43. The van der Waals surface area contributed by atoms with Crippen molar-refractivity contribution in [2.75, 3.05) is 0 Å². The van der Waals surface area contributed by atoms with Crippen LogP contribution in [0.25, 0.3) is 0 Å². The normalized spacial score (nSPS) is 12.5. The predicted octanol–water partition coefficient (Wildman–Crippen LogP) is 4.71. The van der Waals surface area contributed by atoms with E-state index in [9.17, 15) is 4.39 Å². The first-order valence-corrected chi connectivity index (χ1v) is 7.05. The van der Waals surface area contributed by atoms with E-state index < -0.39 is 6.04 Å². The number of halogens is 3. The molecule has 0 radical (unpaired) electrons. The maximum atomic E-state index is 14.0. The lowest BCUT2D eigenvalue weighted by Crippen LogP contribution is -2.15. The highest BCUT2D eigenvalue weighted by atomic mass is 79.9. The van der Waals surface area contributed by atoms with Crippen LogP contribution in [-0.4, -0.2) is 0 Å². The molecule has 1 unspecified atom stereocenters. The summed E-state index contributed by atoms with van der Waals surface area (Å²) in [6.45, 7) is 1.97. The maximum absolute atomic E-state index is 14.0. The molecule has 0 heterocycles. The van der Waals surface area contributed by atoms with Crippen LogP contribution in [0.1, 0.15) is 22.7 Å². The third-order valence-electron chi connectivity index (χ3n) is 2.96. The lowest BCUT2D eigenvalue weighted by molar-refractivity contribution is 0.593. The molecule has 2 N–H and O–H groups in total. The summed E-state index contributed by atoms with van der Waals surface area (Å²) in [5.74, 6) is -0.302. The van der Waals surface area contributed by atoms with Gasteiger partial charge in [-0.2, -0.15) is 0 Å². The van der Waals surface area contributed by atoms with Gasteiger partial charge in [0.2, 0.25) is 0 Å². The number of hydrogen-bond acceptors (Lipinski definition) is 1. The van der Waals surface area contributed by atoms with Gasteiger partial charge in [-0.3, -0.25) is 0 Å². The topological polar surface area (TPSA) is 26.0 Å². The van der Waals surface area contributed by atoms with Crippen LogP contribution in [0.2, 0.25) is 0 Å². The molecule has 0 aromatic heterocycles. The highest BCUT2D eigenvalue weighted by molar-refractivity contribution is 9.10. The van der Waals surface area contributed by atoms with Crippen molar-refractivity contribution in [3.63, 3.8) is 0 Å². The monoisotopic (exact) mass is 371 g/mol. The van der Waals surface area contributed by atoms with Gasteiger partial charge >= 0.3 is 0 Å². The Hall–Kier alpha value is -0.710. The lowest BCUT2D eigenvalue weighted by atomic mass is 9.95. The van der Waals surface area contributed by atoms with Crippen molar-refractivity contribution in [2.45, 2.75) is 13.0 Å². The standard InChI is InChI=1S/C14H12Br2FN/c1-8-9(4-2-6-11(8)15)14(18)10-5-3-7-12(16)13(10)17/h2-7,14H,18H2,1H3. The molecule has 0 bridgehead atoms. The lowest BCUT2D eigenvalue weighted by Gasteiger charge is -2.17. The first-order chi connectivity index (χ1) is 8.52. The van der Waals surface area contributed by atoms with Crippen molar-refractivity contribution in [2.24, 2.45) is 5.73 Å². The fourth-order valence-corrected chi connectivity index (χ4v) is 2.65. The van der Waals surface area contributed by atoms with E-state index in [4.69, 9.17) is 5.73 Å². The zero-order valence-corrected chi connectivity index (χ0v) is 12.9. The molecule has 0 aliphatic rings. The molecule has 2 aromatic carbocycles. The third kappa shape index (κ3) is 2.51. The van der Waals surface area contributed by atoms with Crippen LogP contribution in [-0.2, 0) is 0 Å². The van der Waals surface area contributed by atoms with Crippen molar-refractivity contribution in [1.82, 2.24) is 0 Å². The van der Waals surface area contributed by atoms with Gasteiger partial charge in [-0.15, -0.1) is 0 Å². The SMILES string of the molecule is Cc1c(Br)cccc1C(N)c1cccc(Br)c1F. The fraction of sp³-hybridized carbons (Fsp3) is 0.143. The summed E-state index contributed by atoms with van der Waals surface area (Å²) in [6, 6.07) is 10.5. The van der Waals surface area contributed by atoms with Crippen molar-refractivity contribution in [3.8, 4) is 0 Å². The summed E-state index contributed by atoms with van der Waals surface area (Å²) in [7, 11) is 0. The van der Waals surface area contributed by atoms with Crippen molar-refractivity contribution >= 4 is 31.9 Å². The zero-order valence-electron chi connectivity index (χ0n) is 9.75. The van der Waals surface area contributed by atoms with Crippen molar-refractivity contribution in [1.29, 1.82) is 0 Å². The van der Waals surface area contributed by atoms with E-state index in [2.05, 4.69) is 31.9 Å². The molecule has 94 valence electrons. The molecule has 18 heavy (non-hydrogen) atoms. The van der Waals surface area contributed by atoms with E-state index >= 15 is 0 Å².